The number of esters is 1. The van der Waals surface area contributed by atoms with Crippen molar-refractivity contribution in [1.82, 2.24) is 16.1 Å². The Labute approximate surface area is 292 Å². The zero-order valence-electron chi connectivity index (χ0n) is 27.4. The molecule has 0 saturated heterocycles. The number of nitrogens with one attached hydrogen (secondary N) is 3. The monoisotopic (exact) mass is 732 g/mol. The SMILES string of the molecule is CCOc1cc([C@@H]2NC(=O)NC(C)=C2C(=O)OC)ccc1OC[C@H](O)N/N=C/c1cc(Br)c(OCc2cccc3ccccc23)c(OC)c1. The van der Waals surface area contributed by atoms with Crippen LogP contribution in [0.5, 0.6) is 23.0 Å². The first kappa shape index (κ1) is 35.0. The lowest BCUT2D eigenvalue weighted by molar-refractivity contribution is -0.136. The Hall–Kier alpha value is -5.27. The van der Waals surface area contributed by atoms with E-state index < -0.39 is 24.3 Å². The molecule has 0 aromatic heterocycles. The van der Waals surface area contributed by atoms with Crippen LogP contribution in [-0.4, -0.2) is 57.0 Å². The maximum Gasteiger partial charge on any atom is 0.337 e. The number of fused-ring (bicyclic) bond motifs is 1. The number of methoxy groups -OCH3 is 2. The van der Waals surface area contributed by atoms with Gasteiger partial charge in [-0.1, -0.05) is 48.5 Å². The van der Waals surface area contributed by atoms with Crippen LogP contribution in [0.4, 0.5) is 4.79 Å². The number of benzene rings is 4. The molecule has 0 bridgehead atoms. The van der Waals surface area contributed by atoms with Gasteiger partial charge in [-0.25, -0.2) is 9.59 Å². The fraction of sp³-hybridized carbons (Fsp3) is 0.250. The summed E-state index contributed by atoms with van der Waals surface area (Å²) in [5, 5.41) is 22.3. The summed E-state index contributed by atoms with van der Waals surface area (Å²) >= 11 is 3.59. The van der Waals surface area contributed by atoms with Gasteiger partial charge in [-0.15, -0.1) is 0 Å². The van der Waals surface area contributed by atoms with Gasteiger partial charge in [0.05, 0.1) is 43.1 Å². The second kappa shape index (κ2) is 16.2. The van der Waals surface area contributed by atoms with E-state index in [1.165, 1.54) is 13.3 Å². The number of halogens is 1. The van der Waals surface area contributed by atoms with Crippen LogP contribution >= 0.6 is 15.9 Å². The van der Waals surface area contributed by atoms with E-state index >= 15 is 0 Å². The van der Waals surface area contributed by atoms with E-state index in [2.05, 4.69) is 55.3 Å². The highest BCUT2D eigenvalue weighted by Gasteiger charge is 2.32. The largest absolute Gasteiger partial charge is 0.493 e. The summed E-state index contributed by atoms with van der Waals surface area (Å²) in [5.74, 6) is 1.21. The van der Waals surface area contributed by atoms with Crippen LogP contribution in [-0.2, 0) is 16.1 Å². The van der Waals surface area contributed by atoms with E-state index in [1.54, 1.807) is 38.3 Å². The third-order valence-corrected chi connectivity index (χ3v) is 8.20. The molecule has 0 radical (unpaired) electrons. The van der Waals surface area contributed by atoms with Gasteiger partial charge in [-0.3, -0.25) is 5.43 Å². The van der Waals surface area contributed by atoms with Crippen LogP contribution in [0, 0.1) is 0 Å². The van der Waals surface area contributed by atoms with Gasteiger partial charge >= 0.3 is 12.0 Å². The number of hydrogen-bond acceptors (Lipinski definition) is 10. The molecule has 0 aliphatic carbocycles. The zero-order valence-corrected chi connectivity index (χ0v) is 29.0. The van der Waals surface area contributed by atoms with E-state index in [4.69, 9.17) is 23.7 Å². The quantitative estimate of drug-likeness (QED) is 0.0554. The molecule has 4 aromatic carbocycles. The highest BCUT2D eigenvalue weighted by molar-refractivity contribution is 9.10. The molecule has 2 amide bonds. The molecule has 1 aliphatic rings. The molecular formula is C36H37BrN4O8. The molecule has 5 rings (SSSR count). The third kappa shape index (κ3) is 8.42. The number of carbonyl (C=O) groups is 2. The van der Waals surface area contributed by atoms with Crippen LogP contribution in [0.1, 0.15) is 36.6 Å². The number of carbonyl (C=O) groups excluding carboxylic acids is 2. The summed E-state index contributed by atoms with van der Waals surface area (Å²) < 4.78 is 29.0. The first-order chi connectivity index (χ1) is 23.7. The minimum Gasteiger partial charge on any atom is -0.493 e. The van der Waals surface area contributed by atoms with Gasteiger partial charge in [-0.2, -0.15) is 5.10 Å². The smallest absolute Gasteiger partial charge is 0.337 e. The second-order valence-corrected chi connectivity index (χ2v) is 11.7. The molecule has 0 fully saturated rings. The lowest BCUT2D eigenvalue weighted by atomic mass is 9.95. The van der Waals surface area contributed by atoms with Gasteiger partial charge in [0.25, 0.3) is 0 Å². The number of urea groups is 1. The first-order valence-corrected chi connectivity index (χ1v) is 16.2. The Morgan fingerprint density at radius 3 is 2.59 bits per heavy atom. The number of allylic oxidation sites excluding steroid dienone is 1. The molecule has 256 valence electrons. The molecule has 13 heteroatoms. The van der Waals surface area contributed by atoms with Crippen LogP contribution < -0.4 is 35.0 Å². The van der Waals surface area contributed by atoms with Gasteiger partial charge in [0.1, 0.15) is 13.2 Å². The molecule has 0 spiro atoms. The van der Waals surface area contributed by atoms with E-state index in [1.807, 2.05) is 37.3 Å². The zero-order chi connectivity index (χ0) is 34.9. The highest BCUT2D eigenvalue weighted by Crippen LogP contribution is 2.38. The lowest BCUT2D eigenvalue weighted by Crippen LogP contribution is -2.45. The molecule has 49 heavy (non-hydrogen) atoms. The molecule has 2 atom stereocenters. The van der Waals surface area contributed by atoms with Crippen molar-refractivity contribution in [3.63, 3.8) is 0 Å². The number of nitrogens with zero attached hydrogens (tertiary/aromatic N) is 1. The van der Waals surface area contributed by atoms with Crippen molar-refractivity contribution in [3.8, 4) is 23.0 Å². The Bertz CT molecular complexity index is 1890. The summed E-state index contributed by atoms with van der Waals surface area (Å²) in [4.78, 5) is 24.7. The summed E-state index contributed by atoms with van der Waals surface area (Å²) in [6, 6.07) is 21.7. The average molecular weight is 734 g/mol. The molecule has 0 saturated carbocycles. The number of ether oxygens (including phenoxy) is 5. The summed E-state index contributed by atoms with van der Waals surface area (Å²) in [5.41, 5.74) is 5.63. The van der Waals surface area contributed by atoms with Gasteiger partial charge in [0.2, 0.25) is 0 Å². The molecule has 4 N–H and O–H groups in total. The molecule has 1 heterocycles. The van der Waals surface area contributed by atoms with Crippen molar-refractivity contribution in [2.45, 2.75) is 32.7 Å². The van der Waals surface area contributed by atoms with Gasteiger partial charge < -0.3 is 39.4 Å². The Morgan fingerprint density at radius 2 is 1.82 bits per heavy atom. The van der Waals surface area contributed by atoms with Crippen molar-refractivity contribution in [1.29, 1.82) is 0 Å². The number of aliphatic hydroxyl groups is 1. The van der Waals surface area contributed by atoms with Crippen LogP contribution in [0.25, 0.3) is 10.8 Å². The minimum absolute atomic E-state index is 0.165. The lowest BCUT2D eigenvalue weighted by Gasteiger charge is -2.28. The fourth-order valence-electron chi connectivity index (χ4n) is 5.34. The average Bonchev–Trinajstić information content (AvgIpc) is 3.10. The molecular weight excluding hydrogens is 696 g/mol. The van der Waals surface area contributed by atoms with Gasteiger partial charge in [0.15, 0.2) is 29.2 Å². The van der Waals surface area contributed by atoms with Gasteiger partial charge in [0, 0.05) is 5.70 Å². The maximum atomic E-state index is 12.5. The van der Waals surface area contributed by atoms with Crippen molar-refractivity contribution in [3.05, 3.63) is 105 Å². The number of rotatable bonds is 14. The van der Waals surface area contributed by atoms with Crippen molar-refractivity contribution in [2.24, 2.45) is 5.10 Å². The number of aliphatic hydroxyl groups excluding tert-OH is 1. The van der Waals surface area contributed by atoms with Crippen LogP contribution in [0.3, 0.4) is 0 Å². The number of hydrogen-bond donors (Lipinski definition) is 4. The summed E-state index contributed by atoms with van der Waals surface area (Å²) in [6.45, 7) is 3.96. The predicted octanol–water partition coefficient (Wildman–Crippen LogP) is 5.71. The van der Waals surface area contributed by atoms with E-state index in [-0.39, 0.29) is 12.2 Å². The molecule has 12 nitrogen and oxygen atoms in total. The Morgan fingerprint density at radius 1 is 1.02 bits per heavy atom. The van der Waals surface area contributed by atoms with E-state index in [9.17, 15) is 14.7 Å². The van der Waals surface area contributed by atoms with Gasteiger partial charge in [-0.05, 0) is 81.5 Å². The van der Waals surface area contributed by atoms with Crippen molar-refractivity contribution in [2.75, 3.05) is 27.4 Å². The standard InChI is InChI=1S/C36H37BrN4O8/c1-5-47-29-17-24(33-32(35(43)46-4)21(2)39-36(44)40-33)13-14-28(29)48-20-31(42)41-38-18-22-15-27(37)34(30(16-22)45-3)49-19-25-11-8-10-23-9-6-7-12-26(23)25/h6-18,31,33,41-42H,5,19-20H2,1-4H3,(H2,39,40,44)/b38-18+/t31-,33-/m0/s1. The number of hydrazone groups is 1. The van der Waals surface area contributed by atoms with E-state index in [0.29, 0.717) is 57.5 Å². The van der Waals surface area contributed by atoms with E-state index in [0.717, 1.165) is 16.3 Å². The molecule has 1 aliphatic heterocycles. The Kier molecular flexibility index (Phi) is 11.6. The first-order valence-electron chi connectivity index (χ1n) is 15.4. The summed E-state index contributed by atoms with van der Waals surface area (Å²) in [7, 11) is 2.84. The van der Waals surface area contributed by atoms with Crippen molar-refractivity contribution < 1.29 is 38.4 Å². The second-order valence-electron chi connectivity index (χ2n) is 10.9. The molecule has 0 unspecified atom stereocenters. The van der Waals surface area contributed by atoms with Crippen molar-refractivity contribution >= 4 is 44.9 Å². The summed E-state index contributed by atoms with van der Waals surface area (Å²) in [6.07, 6.45) is 0.367. The fourth-order valence-corrected chi connectivity index (χ4v) is 5.92. The number of amides is 2. The normalized spacial score (nSPS) is 15.0. The Balaban J connectivity index is 1.21. The van der Waals surface area contributed by atoms with Crippen LogP contribution in [0.2, 0.25) is 0 Å². The molecule has 4 aromatic rings. The third-order valence-electron chi connectivity index (χ3n) is 7.61. The maximum absolute atomic E-state index is 12.5. The minimum atomic E-state index is -1.17. The van der Waals surface area contributed by atoms with Crippen LogP contribution in [0.15, 0.2) is 93.6 Å². The topological polar surface area (TPSA) is 149 Å². The predicted molar refractivity (Wildman–Crippen MR) is 188 cm³/mol. The highest BCUT2D eigenvalue weighted by atomic mass is 79.9.